The molecule has 0 N–H and O–H groups in total. The maximum Gasteiger partial charge on any atom is 0.243 e. The predicted molar refractivity (Wildman–Crippen MR) is 127 cm³/mol. The second kappa shape index (κ2) is 8.75. The predicted octanol–water partition coefficient (Wildman–Crippen LogP) is 2.72. The number of benzene rings is 1. The molecule has 4 rings (SSSR count). The van der Waals surface area contributed by atoms with Crippen molar-refractivity contribution in [2.24, 2.45) is 0 Å². The monoisotopic (exact) mass is 470 g/mol. The minimum absolute atomic E-state index is 0.332. The van der Waals surface area contributed by atoms with E-state index in [-0.39, 0.29) is 0 Å². The molecular formula is C23H30N6O3S. The van der Waals surface area contributed by atoms with Gasteiger partial charge < -0.3 is 9.64 Å². The summed E-state index contributed by atoms with van der Waals surface area (Å²) < 4.78 is 35.4. The molecule has 3 heterocycles. The first kappa shape index (κ1) is 23.2. The summed E-state index contributed by atoms with van der Waals surface area (Å²) in [6.45, 7) is 11.3. The van der Waals surface area contributed by atoms with Crippen LogP contribution in [0.5, 0.6) is 5.75 Å². The normalized spacial score (nSPS) is 15.2. The molecule has 0 radical (unpaired) electrons. The molecule has 1 aliphatic heterocycles. The van der Waals surface area contributed by atoms with E-state index in [0.29, 0.717) is 48.5 Å². The van der Waals surface area contributed by atoms with Gasteiger partial charge in [-0.15, -0.1) is 0 Å². The average Bonchev–Trinajstić information content (AvgIpc) is 3.13. The van der Waals surface area contributed by atoms with Gasteiger partial charge in [0.05, 0.1) is 17.7 Å². The van der Waals surface area contributed by atoms with Gasteiger partial charge in [-0.2, -0.15) is 9.40 Å². The number of hydrogen-bond donors (Lipinski definition) is 0. The highest BCUT2D eigenvalue weighted by atomic mass is 32.2. The van der Waals surface area contributed by atoms with Gasteiger partial charge in [-0.25, -0.2) is 23.1 Å². The van der Waals surface area contributed by atoms with Crippen LogP contribution in [0.25, 0.3) is 5.82 Å². The molecule has 1 fully saturated rings. The standard InChI is InChI=1S/C23H30N6O3S/c1-15-13-16(2)29(26-15)23-14-22(24-19(5)25-23)27-9-11-28(12-10-27)33(30,31)21-8-7-20(32-6)17(3)18(21)4/h7-8,13-14H,9-12H2,1-6H3. The van der Waals surface area contributed by atoms with Crippen LogP contribution in [0, 0.1) is 34.6 Å². The second-order valence-corrected chi connectivity index (χ2v) is 10.3. The third-order valence-electron chi connectivity index (χ3n) is 6.13. The first-order chi connectivity index (χ1) is 15.6. The Morgan fingerprint density at radius 3 is 2.15 bits per heavy atom. The quantitative estimate of drug-likeness (QED) is 0.566. The molecule has 2 aromatic heterocycles. The molecule has 33 heavy (non-hydrogen) atoms. The van der Waals surface area contributed by atoms with Crippen molar-refractivity contribution in [3.05, 3.63) is 52.6 Å². The fraction of sp³-hybridized carbons (Fsp3) is 0.435. The second-order valence-electron chi connectivity index (χ2n) is 8.38. The summed E-state index contributed by atoms with van der Waals surface area (Å²) in [5.41, 5.74) is 3.48. The summed E-state index contributed by atoms with van der Waals surface area (Å²) >= 11 is 0. The van der Waals surface area contributed by atoms with Gasteiger partial charge in [-0.3, -0.25) is 0 Å². The smallest absolute Gasteiger partial charge is 0.243 e. The van der Waals surface area contributed by atoms with E-state index in [1.165, 1.54) is 0 Å². The van der Waals surface area contributed by atoms with E-state index in [0.717, 1.165) is 28.3 Å². The molecule has 9 nitrogen and oxygen atoms in total. The first-order valence-corrected chi connectivity index (χ1v) is 12.3. The minimum Gasteiger partial charge on any atom is -0.496 e. The molecule has 176 valence electrons. The minimum atomic E-state index is -3.60. The lowest BCUT2D eigenvalue weighted by Crippen LogP contribution is -2.49. The van der Waals surface area contributed by atoms with Crippen LogP contribution in [0.2, 0.25) is 0 Å². The van der Waals surface area contributed by atoms with Crippen molar-refractivity contribution in [2.75, 3.05) is 38.2 Å². The number of methoxy groups -OCH3 is 1. The van der Waals surface area contributed by atoms with Crippen molar-refractivity contribution in [1.82, 2.24) is 24.1 Å². The lowest BCUT2D eigenvalue weighted by molar-refractivity contribution is 0.383. The van der Waals surface area contributed by atoms with Crippen molar-refractivity contribution in [2.45, 2.75) is 39.5 Å². The van der Waals surface area contributed by atoms with E-state index in [4.69, 9.17) is 4.74 Å². The third-order valence-corrected chi connectivity index (χ3v) is 8.17. The van der Waals surface area contributed by atoms with Gasteiger partial charge in [0.2, 0.25) is 10.0 Å². The maximum atomic E-state index is 13.4. The van der Waals surface area contributed by atoms with E-state index in [1.54, 1.807) is 23.5 Å². The summed E-state index contributed by atoms with van der Waals surface area (Å²) in [7, 11) is -2.02. The van der Waals surface area contributed by atoms with E-state index in [9.17, 15) is 8.42 Å². The maximum absolute atomic E-state index is 13.4. The zero-order chi connectivity index (χ0) is 23.9. The van der Waals surface area contributed by atoms with Crippen LogP contribution in [0.1, 0.15) is 28.3 Å². The van der Waals surface area contributed by atoms with Crippen LogP contribution >= 0.6 is 0 Å². The van der Waals surface area contributed by atoms with Gasteiger partial charge in [0.25, 0.3) is 0 Å². The number of anilines is 1. The van der Waals surface area contributed by atoms with Crippen LogP contribution < -0.4 is 9.64 Å². The number of piperazine rings is 1. The topological polar surface area (TPSA) is 93.5 Å². The number of aryl methyl sites for hydroxylation is 3. The number of rotatable bonds is 5. The number of aromatic nitrogens is 4. The lowest BCUT2D eigenvalue weighted by atomic mass is 10.1. The Balaban J connectivity index is 1.55. The Morgan fingerprint density at radius 1 is 0.879 bits per heavy atom. The van der Waals surface area contributed by atoms with Crippen molar-refractivity contribution in [3.63, 3.8) is 0 Å². The number of hydrogen-bond acceptors (Lipinski definition) is 7. The van der Waals surface area contributed by atoms with E-state index < -0.39 is 10.0 Å². The molecule has 0 spiro atoms. The van der Waals surface area contributed by atoms with Crippen LogP contribution in [-0.4, -0.2) is 65.8 Å². The van der Waals surface area contributed by atoms with Crippen molar-refractivity contribution >= 4 is 15.8 Å². The van der Waals surface area contributed by atoms with E-state index in [1.807, 2.05) is 51.4 Å². The van der Waals surface area contributed by atoms with E-state index in [2.05, 4.69) is 20.0 Å². The number of sulfonamides is 1. The zero-order valence-corrected chi connectivity index (χ0v) is 20.8. The van der Waals surface area contributed by atoms with Gasteiger partial charge in [-0.05, 0) is 63.9 Å². The summed E-state index contributed by atoms with van der Waals surface area (Å²) in [6.07, 6.45) is 0. The third kappa shape index (κ3) is 4.32. The molecule has 0 amide bonds. The Morgan fingerprint density at radius 2 is 1.55 bits per heavy atom. The largest absolute Gasteiger partial charge is 0.496 e. The lowest BCUT2D eigenvalue weighted by Gasteiger charge is -2.35. The van der Waals surface area contributed by atoms with Crippen molar-refractivity contribution in [3.8, 4) is 11.6 Å². The molecule has 10 heteroatoms. The molecule has 0 saturated carbocycles. The van der Waals surface area contributed by atoms with Crippen LogP contribution in [0.4, 0.5) is 5.82 Å². The van der Waals surface area contributed by atoms with Gasteiger partial charge in [0, 0.05) is 37.9 Å². The Bertz CT molecular complexity index is 1290. The fourth-order valence-electron chi connectivity index (χ4n) is 4.24. The summed E-state index contributed by atoms with van der Waals surface area (Å²) in [5.74, 6) is 2.82. The van der Waals surface area contributed by atoms with Crippen LogP contribution in [-0.2, 0) is 10.0 Å². The summed E-state index contributed by atoms with van der Waals surface area (Å²) in [5, 5.41) is 4.52. The van der Waals surface area contributed by atoms with Crippen molar-refractivity contribution in [1.29, 1.82) is 0 Å². The highest BCUT2D eigenvalue weighted by Crippen LogP contribution is 2.29. The number of nitrogens with zero attached hydrogens (tertiary/aromatic N) is 6. The van der Waals surface area contributed by atoms with Gasteiger partial charge >= 0.3 is 0 Å². The molecule has 1 saturated heterocycles. The highest BCUT2D eigenvalue weighted by Gasteiger charge is 2.31. The Hall–Kier alpha value is -2.98. The average molecular weight is 471 g/mol. The van der Waals surface area contributed by atoms with Gasteiger partial charge in [0.15, 0.2) is 5.82 Å². The number of ether oxygens (including phenoxy) is 1. The first-order valence-electron chi connectivity index (χ1n) is 10.9. The van der Waals surface area contributed by atoms with Crippen LogP contribution in [0.15, 0.2) is 29.2 Å². The molecule has 0 unspecified atom stereocenters. The SMILES string of the molecule is COc1ccc(S(=O)(=O)N2CCN(c3cc(-n4nc(C)cc4C)nc(C)n3)CC2)c(C)c1C. The van der Waals surface area contributed by atoms with Crippen molar-refractivity contribution < 1.29 is 13.2 Å². The molecule has 1 aromatic carbocycles. The molecule has 0 aliphatic carbocycles. The Labute approximate surface area is 195 Å². The fourth-order valence-corrected chi connectivity index (χ4v) is 5.94. The molecule has 1 aliphatic rings. The zero-order valence-electron chi connectivity index (χ0n) is 20.0. The van der Waals surface area contributed by atoms with E-state index >= 15 is 0 Å². The van der Waals surface area contributed by atoms with Gasteiger partial charge in [-0.1, -0.05) is 0 Å². The molecule has 0 atom stereocenters. The molecular weight excluding hydrogens is 440 g/mol. The molecule has 0 bridgehead atoms. The van der Waals surface area contributed by atoms with Gasteiger partial charge in [0.1, 0.15) is 17.4 Å². The highest BCUT2D eigenvalue weighted by molar-refractivity contribution is 7.89. The van der Waals surface area contributed by atoms with Crippen LogP contribution in [0.3, 0.4) is 0 Å². The summed E-state index contributed by atoms with van der Waals surface area (Å²) in [4.78, 5) is 11.6. The Kier molecular flexibility index (Phi) is 6.15. The summed E-state index contributed by atoms with van der Waals surface area (Å²) in [6, 6.07) is 7.27. The molecule has 3 aromatic rings.